The summed E-state index contributed by atoms with van der Waals surface area (Å²) in [4.78, 5) is 19.3. The molecule has 87 heavy (non-hydrogen) atoms. The molecule has 22 heterocycles. The Morgan fingerprint density at radius 2 is 0.690 bits per heavy atom. The highest BCUT2D eigenvalue weighted by Gasteiger charge is 2.59. The van der Waals surface area contributed by atoms with E-state index < -0.39 is 248 Å². The van der Waals surface area contributed by atoms with Gasteiger partial charge >= 0.3 is 0 Å². The molecule has 0 spiro atoms. The predicted molar refractivity (Wildman–Crippen MR) is 273 cm³/mol. The average molecular weight is 1290 g/mol. The van der Waals surface area contributed by atoms with Crippen molar-refractivity contribution in [2.75, 3.05) is 51.1 Å². The van der Waals surface area contributed by atoms with E-state index in [4.69, 9.17) is 66.3 Å². The summed E-state index contributed by atoms with van der Waals surface area (Å²) >= 11 is 1.10. The van der Waals surface area contributed by atoms with Gasteiger partial charge < -0.3 is 174 Å². The molecule has 0 radical (unpaired) electrons. The Hall–Kier alpha value is -2.29. The van der Waals surface area contributed by atoms with Gasteiger partial charge in [-0.05, 0) is 6.92 Å². The molecule has 1 aromatic rings. The van der Waals surface area contributed by atoms with E-state index in [9.17, 15) is 102 Å². The Kier molecular flexibility index (Phi) is 24.0. The number of ether oxygens (including phenoxy) is 14. The van der Waals surface area contributed by atoms with E-state index in [1.807, 2.05) is 0 Å². The number of aliphatic hydroxyl groups is 19. The van der Waals surface area contributed by atoms with Crippen LogP contribution in [0.15, 0.2) is 12.5 Å². The van der Waals surface area contributed by atoms with Crippen LogP contribution >= 0.6 is 11.8 Å². The first-order chi connectivity index (χ1) is 41.5. The summed E-state index contributed by atoms with van der Waals surface area (Å²) in [5.41, 5.74) is 0.536. The highest BCUT2D eigenvalue weighted by Crippen LogP contribution is 2.39. The number of rotatable bonds is 12. The van der Waals surface area contributed by atoms with E-state index in [0.717, 1.165) is 11.8 Å². The first kappa shape index (κ1) is 69.1. The van der Waals surface area contributed by atoms with Crippen LogP contribution in [0, 0.1) is 0 Å². The van der Waals surface area contributed by atoms with Crippen LogP contribution in [0.2, 0.25) is 0 Å². The minimum Gasteiger partial charge on any atom is -0.394 e. The monoisotopic (exact) mass is 1290 g/mol. The third kappa shape index (κ3) is 14.7. The number of amides is 1. The van der Waals surface area contributed by atoms with Crippen LogP contribution in [-0.2, 0) is 77.5 Å². The van der Waals surface area contributed by atoms with Crippen molar-refractivity contribution in [3.05, 3.63) is 18.2 Å². The highest BCUT2D eigenvalue weighted by molar-refractivity contribution is 7.99. The molecule has 38 heteroatoms. The molecule has 37 nitrogen and oxygen atoms in total. The summed E-state index contributed by atoms with van der Waals surface area (Å²) in [6, 6.07) is 0. The number of H-pyrrole nitrogens is 1. The molecule has 21 fully saturated rings. The molecule has 21 N–H and O–H groups in total. The molecule has 0 aliphatic carbocycles. The number of imidazole rings is 1. The Morgan fingerprint density at radius 3 is 0.989 bits per heavy atom. The molecule has 21 aliphatic rings. The lowest BCUT2D eigenvalue weighted by Crippen LogP contribution is -2.68. The molecule has 1 aromatic heterocycles. The number of nitrogens with zero attached hydrogens (tertiary/aromatic N) is 1. The standard InChI is InChI=1S/C49H79N3O34S/c1-13-36-22(59)29(66)43(73-13)81-37-15(6-53)75-45(31(68)24(37)61)83-39-17(8-55)76-46(32(69)25(39)62)84-40-18(9-56)78-48(34(71)27(40)64)86-42-20(11-87-3-2-51-21(58)4-14-5-50-12-52-14)79-49(35(72)28(42)65)85-41-19(10-57)77-47(33(70)26(41)63)82-38-16(7-54)74-44(80-36)30(67)23(38)60/h5,12-13,15-20,22-49,53-57,59-72H,2-4,6-11H2,1H3,(H,50,52)(H,51,58)/t13?,15?,16?,17?,18?,19?,20?,22-,23-,24-,25-,26-,27-,28-,29?,30?,31?,32?,33?,34?,35?,36-,37-,38-,39-,40-,41-,42-,43+,44+,45-,46-,47+,48+,49-/m1/s1. The Bertz CT molecular complexity index is 2270. The summed E-state index contributed by atoms with van der Waals surface area (Å²) in [6.45, 7) is -3.73. The van der Waals surface area contributed by atoms with Crippen molar-refractivity contribution in [1.29, 1.82) is 0 Å². The van der Waals surface area contributed by atoms with Crippen molar-refractivity contribution in [3.8, 4) is 0 Å². The molecular weight excluding hydrogens is 1210 g/mol. The highest BCUT2D eigenvalue weighted by atomic mass is 32.2. The number of hydrogen-bond acceptors (Lipinski definition) is 36. The summed E-state index contributed by atoms with van der Waals surface area (Å²) in [5.74, 6) is -0.388. The summed E-state index contributed by atoms with van der Waals surface area (Å²) in [7, 11) is 0. The van der Waals surface area contributed by atoms with Crippen LogP contribution in [0.1, 0.15) is 12.6 Å². The Balaban J connectivity index is 0.985. The van der Waals surface area contributed by atoms with Crippen molar-refractivity contribution in [2.45, 2.75) is 228 Å². The van der Waals surface area contributed by atoms with Crippen molar-refractivity contribution < 1.29 is 168 Å². The number of aliphatic hydroxyl groups excluding tert-OH is 19. The summed E-state index contributed by atoms with van der Waals surface area (Å²) < 4.78 is 81.7. The van der Waals surface area contributed by atoms with E-state index in [1.54, 1.807) is 0 Å². The minimum atomic E-state index is -2.20. The van der Waals surface area contributed by atoms with Gasteiger partial charge in [-0.25, -0.2) is 4.98 Å². The second-order valence-corrected chi connectivity index (χ2v) is 23.3. The van der Waals surface area contributed by atoms with Gasteiger partial charge in [0.1, 0.15) is 159 Å². The van der Waals surface area contributed by atoms with E-state index >= 15 is 0 Å². The number of aromatic amines is 1. The SMILES string of the molecule is CC1O[C@H]2O[C@@H]3C(CO)O[C@H](O[C@@H]4C(CO)O[C@H](O[C@@H]5C(CO)O[C@@H](O[C@@H]6C(CSCCNC(=O)Cc7cnc[nH]7)O[C@H](O[C@@H]7C(CO)O[C@@H](O[C@@H]8C(CO)O[C@@H](O[C@H]1[C@H](O)C2O)C(O)[C@H]8O)C(O)[C@H]7O)C(O)[C@H]6O)C(O)[C@H]5O)C(O)[C@H]4O)C(O)[C@H]3O. The van der Waals surface area contributed by atoms with Crippen LogP contribution < -0.4 is 5.32 Å². The number of nitrogens with one attached hydrogen (secondary N) is 2. The van der Waals surface area contributed by atoms with Gasteiger partial charge in [-0.3, -0.25) is 4.79 Å². The fourth-order valence-corrected chi connectivity index (χ4v) is 12.4. The minimum absolute atomic E-state index is 0.0264. The lowest BCUT2D eigenvalue weighted by Gasteiger charge is -2.50. The molecule has 14 unspecified atom stereocenters. The van der Waals surface area contributed by atoms with Gasteiger partial charge in [-0.1, -0.05) is 0 Å². The largest absolute Gasteiger partial charge is 0.394 e. The van der Waals surface area contributed by atoms with Gasteiger partial charge in [0.25, 0.3) is 0 Å². The van der Waals surface area contributed by atoms with Gasteiger partial charge in [0.05, 0.1) is 58.0 Å². The summed E-state index contributed by atoms with van der Waals surface area (Å²) in [6.07, 6.45) is -65.0. The van der Waals surface area contributed by atoms with Crippen molar-refractivity contribution in [2.24, 2.45) is 0 Å². The molecule has 0 saturated carbocycles. The number of carbonyl (C=O) groups is 1. The normalized spacial score (nSPS) is 50.3. The predicted octanol–water partition coefficient (Wildman–Crippen LogP) is -13.4. The summed E-state index contributed by atoms with van der Waals surface area (Å²) in [5, 5.41) is 216. The van der Waals surface area contributed by atoms with E-state index in [1.165, 1.54) is 19.4 Å². The second kappa shape index (κ2) is 30.2. The average Bonchev–Trinajstić information content (AvgIpc) is 1.37. The molecule has 21 aliphatic heterocycles. The lowest BCUT2D eigenvalue weighted by molar-refractivity contribution is -0.395. The molecule has 21 saturated heterocycles. The Morgan fingerprint density at radius 1 is 0.414 bits per heavy atom. The smallest absolute Gasteiger partial charge is 0.226 e. The number of hydrogen-bond donors (Lipinski definition) is 21. The fourth-order valence-electron chi connectivity index (χ4n) is 11.5. The number of thioether (sulfide) groups is 1. The van der Waals surface area contributed by atoms with Crippen LogP contribution in [-0.4, -0.2) is 379 Å². The fraction of sp³-hybridized carbons (Fsp3) is 0.918. The molecular formula is C49H79N3O34S. The zero-order valence-electron chi connectivity index (χ0n) is 46.2. The van der Waals surface area contributed by atoms with Gasteiger partial charge in [0.15, 0.2) is 44.0 Å². The van der Waals surface area contributed by atoms with Crippen LogP contribution in [0.25, 0.3) is 0 Å². The van der Waals surface area contributed by atoms with Gasteiger partial charge in [0, 0.05) is 29.9 Å². The van der Waals surface area contributed by atoms with Gasteiger partial charge in [-0.2, -0.15) is 11.8 Å². The van der Waals surface area contributed by atoms with E-state index in [0.29, 0.717) is 5.69 Å². The molecule has 22 rings (SSSR count). The second-order valence-electron chi connectivity index (χ2n) is 22.1. The molecule has 0 aromatic carbocycles. The topological polar surface area (TPSA) is 571 Å². The third-order valence-electron chi connectivity index (χ3n) is 16.3. The Labute approximate surface area is 497 Å². The van der Waals surface area contributed by atoms with Crippen LogP contribution in [0.4, 0.5) is 0 Å². The van der Waals surface area contributed by atoms with Gasteiger partial charge in [-0.15, -0.1) is 0 Å². The molecule has 500 valence electrons. The van der Waals surface area contributed by atoms with Crippen molar-refractivity contribution in [3.63, 3.8) is 0 Å². The van der Waals surface area contributed by atoms with Crippen molar-refractivity contribution >= 4 is 17.7 Å². The maximum atomic E-state index is 12.6. The first-order valence-corrected chi connectivity index (χ1v) is 29.2. The lowest BCUT2D eigenvalue weighted by atomic mass is 9.95. The van der Waals surface area contributed by atoms with Crippen LogP contribution in [0.3, 0.4) is 0 Å². The first-order valence-electron chi connectivity index (χ1n) is 28.1. The third-order valence-corrected chi connectivity index (χ3v) is 17.4. The van der Waals surface area contributed by atoms with E-state index in [2.05, 4.69) is 15.3 Å². The molecule has 14 bridgehead atoms. The zero-order valence-corrected chi connectivity index (χ0v) is 47.0. The maximum absolute atomic E-state index is 12.6. The zero-order chi connectivity index (χ0) is 62.9. The number of carbonyl (C=O) groups excluding carboxylic acids is 1. The number of aromatic nitrogens is 2. The quantitative estimate of drug-likeness (QED) is 0.0864. The van der Waals surface area contributed by atoms with Gasteiger partial charge in [0.2, 0.25) is 5.91 Å². The van der Waals surface area contributed by atoms with Crippen molar-refractivity contribution in [1.82, 2.24) is 15.3 Å². The molecule has 35 atom stereocenters. The van der Waals surface area contributed by atoms with E-state index in [-0.39, 0.29) is 30.4 Å². The van der Waals surface area contributed by atoms with Crippen LogP contribution in [0.5, 0.6) is 0 Å². The molecule has 1 amide bonds. The maximum Gasteiger partial charge on any atom is 0.226 e.